The fourth-order valence-corrected chi connectivity index (χ4v) is 5.09. The van der Waals surface area contributed by atoms with Crippen LogP contribution in [0.3, 0.4) is 0 Å². The monoisotopic (exact) mass is 185 g/mol. The normalized spacial score (nSPS) is 23.0. The summed E-state index contributed by atoms with van der Waals surface area (Å²) in [5, 5.41) is 0. The first-order valence-electron chi connectivity index (χ1n) is 5.46. The minimum absolute atomic E-state index is 0.591. The maximum Gasteiger partial charge on any atom is 0.109 e. The molecule has 0 bridgehead atoms. The van der Waals surface area contributed by atoms with Crippen LogP contribution in [-0.2, 0) is 0 Å². The van der Waals surface area contributed by atoms with Crippen molar-refractivity contribution in [3.8, 4) is 0 Å². The van der Waals surface area contributed by atoms with E-state index in [0.717, 1.165) is 5.54 Å². The van der Waals surface area contributed by atoms with Crippen molar-refractivity contribution < 1.29 is 0 Å². The molecule has 0 aromatic carbocycles. The molecule has 2 heteroatoms. The molecule has 1 fully saturated rings. The Morgan fingerprint density at radius 2 is 1.75 bits per heavy atom. The second kappa shape index (κ2) is 5.03. The molecule has 1 nitrogen and oxygen atoms in total. The highest BCUT2D eigenvalue weighted by atomic mass is 28.3. The molecule has 0 aromatic heterocycles. The van der Waals surface area contributed by atoms with Gasteiger partial charge in [0.15, 0.2) is 0 Å². The van der Waals surface area contributed by atoms with E-state index in [4.69, 9.17) is 0 Å². The van der Waals surface area contributed by atoms with Crippen LogP contribution in [0.2, 0.25) is 12.1 Å². The summed E-state index contributed by atoms with van der Waals surface area (Å²) in [6, 6.07) is 0.702. The average molecular weight is 185 g/mol. The average Bonchev–Trinajstić information content (AvgIpc) is 2.05. The Balaban J connectivity index is 2.24. The number of hydrogen-bond donors (Lipinski definition) is 1. The van der Waals surface area contributed by atoms with Gasteiger partial charge in [0.25, 0.3) is 0 Å². The van der Waals surface area contributed by atoms with Crippen molar-refractivity contribution in [1.29, 1.82) is 0 Å². The van der Waals surface area contributed by atoms with Crippen LogP contribution in [-0.4, -0.2) is 15.0 Å². The lowest BCUT2D eigenvalue weighted by molar-refractivity contribution is 0.490. The lowest BCUT2D eigenvalue weighted by Gasteiger charge is -2.28. The zero-order valence-electron chi connectivity index (χ0n) is 8.77. The molecule has 0 spiro atoms. The maximum atomic E-state index is 3.75. The van der Waals surface area contributed by atoms with Gasteiger partial charge in [-0.15, -0.1) is 0 Å². The van der Waals surface area contributed by atoms with Crippen molar-refractivity contribution in [2.75, 3.05) is 0 Å². The second-order valence-corrected chi connectivity index (χ2v) is 7.36. The van der Waals surface area contributed by atoms with Gasteiger partial charge in [0, 0.05) is 0 Å². The van der Waals surface area contributed by atoms with Gasteiger partial charge in [0.05, 0.1) is 0 Å². The predicted molar refractivity (Wildman–Crippen MR) is 58.1 cm³/mol. The van der Waals surface area contributed by atoms with Crippen molar-refractivity contribution in [1.82, 2.24) is 4.98 Å². The second-order valence-electron chi connectivity index (χ2n) is 4.51. The Bertz CT molecular complexity index is 119. The molecule has 12 heavy (non-hydrogen) atoms. The van der Waals surface area contributed by atoms with Crippen LogP contribution in [0.4, 0.5) is 0 Å². The molecule has 0 heterocycles. The van der Waals surface area contributed by atoms with Gasteiger partial charge in [-0.3, -0.25) is 0 Å². The van der Waals surface area contributed by atoms with Crippen molar-refractivity contribution in [2.24, 2.45) is 0 Å². The standard InChI is InChI=1S/C10H23NSi/c1-9(2)11-12(3)10-7-5-4-6-8-10/h9-12H,4-8H2,1-3H3. The Morgan fingerprint density at radius 3 is 2.25 bits per heavy atom. The van der Waals surface area contributed by atoms with E-state index in [2.05, 4.69) is 25.4 Å². The molecular weight excluding hydrogens is 162 g/mol. The minimum Gasteiger partial charge on any atom is -0.337 e. The van der Waals surface area contributed by atoms with Gasteiger partial charge in [-0.1, -0.05) is 52.5 Å². The van der Waals surface area contributed by atoms with Crippen LogP contribution in [0, 0.1) is 0 Å². The van der Waals surface area contributed by atoms with E-state index in [-0.39, 0.29) is 0 Å². The van der Waals surface area contributed by atoms with Gasteiger partial charge in [0.2, 0.25) is 0 Å². The third-order valence-electron chi connectivity index (χ3n) is 2.95. The zero-order valence-corrected chi connectivity index (χ0v) is 9.92. The molecule has 1 aliphatic rings. The number of rotatable bonds is 3. The minimum atomic E-state index is -0.591. The van der Waals surface area contributed by atoms with E-state index in [0.29, 0.717) is 6.04 Å². The van der Waals surface area contributed by atoms with Gasteiger partial charge in [-0.2, -0.15) is 0 Å². The Labute approximate surface area is 78.6 Å². The summed E-state index contributed by atoms with van der Waals surface area (Å²) < 4.78 is 0. The smallest absolute Gasteiger partial charge is 0.109 e. The molecule has 1 atom stereocenters. The van der Waals surface area contributed by atoms with Crippen LogP contribution in [0.1, 0.15) is 46.0 Å². The van der Waals surface area contributed by atoms with Crippen molar-refractivity contribution >= 4 is 8.96 Å². The first kappa shape index (κ1) is 10.3. The van der Waals surface area contributed by atoms with E-state index in [9.17, 15) is 0 Å². The molecule has 0 amide bonds. The van der Waals surface area contributed by atoms with Crippen molar-refractivity contribution in [2.45, 2.75) is 64.1 Å². The third kappa shape index (κ3) is 3.28. The third-order valence-corrected chi connectivity index (χ3v) is 6.23. The molecule has 0 aromatic rings. The molecule has 72 valence electrons. The molecular formula is C10H23NSi. The first-order valence-corrected chi connectivity index (χ1v) is 7.86. The van der Waals surface area contributed by atoms with E-state index >= 15 is 0 Å². The van der Waals surface area contributed by atoms with E-state index in [1.54, 1.807) is 0 Å². The number of nitrogens with one attached hydrogen (secondary N) is 1. The van der Waals surface area contributed by atoms with Gasteiger partial charge in [-0.25, -0.2) is 0 Å². The lowest BCUT2D eigenvalue weighted by atomic mass is 10.0. The summed E-state index contributed by atoms with van der Waals surface area (Å²) in [5.41, 5.74) is 1.08. The first-order chi connectivity index (χ1) is 5.70. The molecule has 1 N–H and O–H groups in total. The highest BCUT2D eigenvalue weighted by Gasteiger charge is 2.21. The van der Waals surface area contributed by atoms with E-state index < -0.39 is 8.96 Å². The van der Waals surface area contributed by atoms with E-state index in [1.165, 1.54) is 32.1 Å². The molecule has 1 aliphatic carbocycles. The van der Waals surface area contributed by atoms with Crippen LogP contribution < -0.4 is 4.98 Å². The summed E-state index contributed by atoms with van der Waals surface area (Å²) in [5.74, 6) is 0. The summed E-state index contributed by atoms with van der Waals surface area (Å²) in [6.07, 6.45) is 7.48. The number of hydrogen-bond acceptors (Lipinski definition) is 1. The molecule has 1 rings (SSSR count). The van der Waals surface area contributed by atoms with Crippen molar-refractivity contribution in [3.05, 3.63) is 0 Å². The quantitative estimate of drug-likeness (QED) is 0.667. The van der Waals surface area contributed by atoms with Crippen LogP contribution >= 0.6 is 0 Å². The molecule has 0 aliphatic heterocycles. The Hall–Kier alpha value is 0.177. The van der Waals surface area contributed by atoms with Gasteiger partial charge >= 0.3 is 0 Å². The van der Waals surface area contributed by atoms with Crippen LogP contribution in [0.5, 0.6) is 0 Å². The Kier molecular flexibility index (Phi) is 4.30. The lowest BCUT2D eigenvalue weighted by Crippen LogP contribution is -2.40. The summed E-state index contributed by atoms with van der Waals surface area (Å²) in [6.45, 7) is 7.02. The summed E-state index contributed by atoms with van der Waals surface area (Å²) in [7, 11) is -0.591. The SMILES string of the molecule is CC(C)N[SiH](C)C1CCCCC1. The Morgan fingerprint density at radius 1 is 1.17 bits per heavy atom. The summed E-state index contributed by atoms with van der Waals surface area (Å²) in [4.78, 5) is 3.75. The molecule has 0 saturated heterocycles. The molecule has 1 unspecified atom stereocenters. The molecule has 1 saturated carbocycles. The van der Waals surface area contributed by atoms with Crippen LogP contribution in [0.25, 0.3) is 0 Å². The van der Waals surface area contributed by atoms with Gasteiger partial charge < -0.3 is 4.98 Å². The maximum absolute atomic E-state index is 3.75. The van der Waals surface area contributed by atoms with E-state index in [1.807, 2.05) is 0 Å². The van der Waals surface area contributed by atoms with Crippen molar-refractivity contribution in [3.63, 3.8) is 0 Å². The largest absolute Gasteiger partial charge is 0.337 e. The van der Waals surface area contributed by atoms with Crippen LogP contribution in [0.15, 0.2) is 0 Å². The fraction of sp³-hybridized carbons (Fsp3) is 1.00. The van der Waals surface area contributed by atoms with Gasteiger partial charge in [0.1, 0.15) is 8.96 Å². The predicted octanol–water partition coefficient (Wildman–Crippen LogP) is 2.67. The fourth-order valence-electron chi connectivity index (χ4n) is 2.30. The molecule has 0 radical (unpaired) electrons. The zero-order chi connectivity index (χ0) is 8.97. The van der Waals surface area contributed by atoms with Gasteiger partial charge in [-0.05, 0) is 11.6 Å². The highest BCUT2D eigenvalue weighted by Crippen LogP contribution is 2.30. The highest BCUT2D eigenvalue weighted by molar-refractivity contribution is 6.56. The summed E-state index contributed by atoms with van der Waals surface area (Å²) >= 11 is 0. The topological polar surface area (TPSA) is 12.0 Å².